The Hall–Kier alpha value is -1.25. The van der Waals surface area contributed by atoms with Gasteiger partial charge in [-0.05, 0) is 51.2 Å². The van der Waals surface area contributed by atoms with Gasteiger partial charge in [-0.25, -0.2) is 4.98 Å². The van der Waals surface area contributed by atoms with Crippen molar-refractivity contribution in [1.82, 2.24) is 4.98 Å². The molecule has 0 aromatic carbocycles. The van der Waals surface area contributed by atoms with Gasteiger partial charge in [-0.2, -0.15) is 0 Å². The standard InChI is InChI=1S/C17H28N2O/c1-4-14-7-5-8-15(11-10-14)19-16-9-6-12-18-17(16)20-13(2)3/h6,9,12-15,19H,4-5,7-8,10-11H2,1-3H3. The van der Waals surface area contributed by atoms with Gasteiger partial charge < -0.3 is 10.1 Å². The van der Waals surface area contributed by atoms with Crippen molar-refractivity contribution in [2.45, 2.75) is 71.4 Å². The Kier molecular flexibility index (Phi) is 5.69. The molecule has 1 aromatic rings. The summed E-state index contributed by atoms with van der Waals surface area (Å²) in [6.07, 6.45) is 9.85. The number of nitrogens with zero attached hydrogens (tertiary/aromatic N) is 1. The van der Waals surface area contributed by atoms with Gasteiger partial charge in [-0.15, -0.1) is 0 Å². The van der Waals surface area contributed by atoms with Gasteiger partial charge in [0.2, 0.25) is 5.88 Å². The summed E-state index contributed by atoms with van der Waals surface area (Å²) in [4.78, 5) is 4.35. The fourth-order valence-electron chi connectivity index (χ4n) is 2.97. The van der Waals surface area contributed by atoms with Gasteiger partial charge >= 0.3 is 0 Å². The molecule has 0 radical (unpaired) electrons. The van der Waals surface area contributed by atoms with Crippen molar-refractivity contribution in [3.63, 3.8) is 0 Å². The van der Waals surface area contributed by atoms with E-state index in [1.54, 1.807) is 6.20 Å². The molecular weight excluding hydrogens is 248 g/mol. The molecule has 112 valence electrons. The second-order valence-corrected chi connectivity index (χ2v) is 6.15. The molecule has 1 aliphatic rings. The predicted molar refractivity (Wildman–Crippen MR) is 84.3 cm³/mol. The van der Waals surface area contributed by atoms with Crippen LogP contribution in [0.2, 0.25) is 0 Å². The molecular formula is C17H28N2O. The maximum atomic E-state index is 5.79. The van der Waals surface area contributed by atoms with Crippen LogP contribution in [0.5, 0.6) is 5.88 Å². The zero-order chi connectivity index (χ0) is 14.4. The summed E-state index contributed by atoms with van der Waals surface area (Å²) in [6.45, 7) is 6.39. The summed E-state index contributed by atoms with van der Waals surface area (Å²) in [6, 6.07) is 4.61. The SMILES string of the molecule is CCC1CCCC(Nc2cccnc2OC(C)C)CC1. The topological polar surface area (TPSA) is 34.2 Å². The molecule has 1 fully saturated rings. The summed E-state index contributed by atoms with van der Waals surface area (Å²) in [5, 5.41) is 3.65. The summed E-state index contributed by atoms with van der Waals surface area (Å²) >= 11 is 0. The smallest absolute Gasteiger partial charge is 0.237 e. The Morgan fingerprint density at radius 2 is 2.15 bits per heavy atom. The zero-order valence-electron chi connectivity index (χ0n) is 13.1. The number of pyridine rings is 1. The average molecular weight is 276 g/mol. The maximum absolute atomic E-state index is 5.79. The molecule has 1 aromatic heterocycles. The monoisotopic (exact) mass is 276 g/mol. The molecule has 1 heterocycles. The summed E-state index contributed by atoms with van der Waals surface area (Å²) in [5.74, 6) is 1.65. The van der Waals surface area contributed by atoms with Crippen LogP contribution in [0.15, 0.2) is 18.3 Å². The molecule has 0 bridgehead atoms. The lowest BCUT2D eigenvalue weighted by atomic mass is 9.98. The van der Waals surface area contributed by atoms with Crippen molar-refractivity contribution in [1.29, 1.82) is 0 Å². The van der Waals surface area contributed by atoms with E-state index in [1.807, 2.05) is 19.9 Å². The van der Waals surface area contributed by atoms with Crippen LogP contribution in [0.1, 0.15) is 59.3 Å². The normalized spacial score (nSPS) is 23.4. The molecule has 0 aliphatic heterocycles. The molecule has 0 amide bonds. The molecule has 1 saturated carbocycles. The fourth-order valence-corrected chi connectivity index (χ4v) is 2.97. The highest BCUT2D eigenvalue weighted by Gasteiger charge is 2.19. The van der Waals surface area contributed by atoms with Gasteiger partial charge in [-0.1, -0.05) is 26.2 Å². The molecule has 1 aliphatic carbocycles. The van der Waals surface area contributed by atoms with Crippen LogP contribution in [0, 0.1) is 5.92 Å². The highest BCUT2D eigenvalue weighted by molar-refractivity contribution is 5.52. The van der Waals surface area contributed by atoms with Gasteiger partial charge in [0.15, 0.2) is 0 Å². The number of ether oxygens (including phenoxy) is 1. The zero-order valence-corrected chi connectivity index (χ0v) is 13.1. The van der Waals surface area contributed by atoms with E-state index in [9.17, 15) is 0 Å². The molecule has 2 atom stereocenters. The Morgan fingerprint density at radius 3 is 2.90 bits per heavy atom. The van der Waals surface area contributed by atoms with Gasteiger partial charge in [-0.3, -0.25) is 0 Å². The van der Waals surface area contributed by atoms with E-state index in [1.165, 1.54) is 38.5 Å². The largest absolute Gasteiger partial charge is 0.473 e. The van der Waals surface area contributed by atoms with Crippen LogP contribution >= 0.6 is 0 Å². The van der Waals surface area contributed by atoms with Gasteiger partial charge in [0.05, 0.1) is 11.8 Å². The van der Waals surface area contributed by atoms with Crippen molar-refractivity contribution in [2.75, 3.05) is 5.32 Å². The third-order valence-electron chi connectivity index (χ3n) is 4.14. The predicted octanol–water partition coefficient (Wildman–Crippen LogP) is 4.64. The van der Waals surface area contributed by atoms with E-state index in [-0.39, 0.29) is 6.10 Å². The maximum Gasteiger partial charge on any atom is 0.237 e. The van der Waals surface area contributed by atoms with Crippen molar-refractivity contribution in [3.8, 4) is 5.88 Å². The summed E-state index contributed by atoms with van der Waals surface area (Å²) in [7, 11) is 0. The summed E-state index contributed by atoms with van der Waals surface area (Å²) in [5.41, 5.74) is 1.04. The summed E-state index contributed by atoms with van der Waals surface area (Å²) < 4.78 is 5.79. The van der Waals surface area contributed by atoms with Crippen LogP contribution in [0.3, 0.4) is 0 Å². The van der Waals surface area contributed by atoms with E-state index in [0.717, 1.165) is 17.5 Å². The average Bonchev–Trinajstić information content (AvgIpc) is 2.65. The number of rotatable bonds is 5. The van der Waals surface area contributed by atoms with E-state index in [2.05, 4.69) is 23.3 Å². The van der Waals surface area contributed by atoms with Gasteiger partial charge in [0, 0.05) is 12.2 Å². The first-order chi connectivity index (χ1) is 9.69. The van der Waals surface area contributed by atoms with Crippen LogP contribution in [0.4, 0.5) is 5.69 Å². The minimum atomic E-state index is 0.157. The molecule has 3 heteroatoms. The van der Waals surface area contributed by atoms with E-state index < -0.39 is 0 Å². The first-order valence-corrected chi connectivity index (χ1v) is 8.07. The van der Waals surface area contributed by atoms with Crippen LogP contribution < -0.4 is 10.1 Å². The van der Waals surface area contributed by atoms with Crippen molar-refractivity contribution < 1.29 is 4.74 Å². The lowest BCUT2D eigenvalue weighted by Crippen LogP contribution is -2.20. The Bertz CT molecular complexity index is 406. The first-order valence-electron chi connectivity index (χ1n) is 8.07. The molecule has 0 spiro atoms. The minimum Gasteiger partial charge on any atom is -0.473 e. The number of hydrogen-bond donors (Lipinski definition) is 1. The second-order valence-electron chi connectivity index (χ2n) is 6.15. The lowest BCUT2D eigenvalue weighted by molar-refractivity contribution is 0.233. The molecule has 2 rings (SSSR count). The molecule has 2 unspecified atom stereocenters. The third kappa shape index (κ3) is 4.39. The van der Waals surface area contributed by atoms with Gasteiger partial charge in [0.1, 0.15) is 0 Å². The van der Waals surface area contributed by atoms with Crippen LogP contribution in [0.25, 0.3) is 0 Å². The lowest BCUT2D eigenvalue weighted by Gasteiger charge is -2.20. The van der Waals surface area contributed by atoms with E-state index >= 15 is 0 Å². The molecule has 20 heavy (non-hydrogen) atoms. The quantitative estimate of drug-likeness (QED) is 0.795. The first kappa shape index (κ1) is 15.1. The molecule has 0 saturated heterocycles. The highest BCUT2D eigenvalue weighted by atomic mass is 16.5. The Labute approximate surface area is 123 Å². The van der Waals surface area contributed by atoms with Crippen molar-refractivity contribution >= 4 is 5.69 Å². The van der Waals surface area contributed by atoms with Crippen molar-refractivity contribution in [2.24, 2.45) is 5.92 Å². The Balaban J connectivity index is 1.98. The second kappa shape index (κ2) is 7.51. The minimum absolute atomic E-state index is 0.157. The number of anilines is 1. The fraction of sp³-hybridized carbons (Fsp3) is 0.706. The number of hydrogen-bond acceptors (Lipinski definition) is 3. The van der Waals surface area contributed by atoms with Crippen molar-refractivity contribution in [3.05, 3.63) is 18.3 Å². The third-order valence-corrected chi connectivity index (χ3v) is 4.14. The number of aromatic nitrogens is 1. The Morgan fingerprint density at radius 1 is 1.30 bits per heavy atom. The van der Waals surface area contributed by atoms with E-state index in [4.69, 9.17) is 4.74 Å². The highest BCUT2D eigenvalue weighted by Crippen LogP contribution is 2.29. The molecule has 3 nitrogen and oxygen atoms in total. The molecule has 1 N–H and O–H groups in total. The van der Waals surface area contributed by atoms with Gasteiger partial charge in [0.25, 0.3) is 0 Å². The number of nitrogens with one attached hydrogen (secondary N) is 1. The van der Waals surface area contributed by atoms with Crippen LogP contribution in [-0.2, 0) is 0 Å². The van der Waals surface area contributed by atoms with Crippen LogP contribution in [-0.4, -0.2) is 17.1 Å². The van der Waals surface area contributed by atoms with E-state index in [0.29, 0.717) is 6.04 Å².